The molecule has 3 nitrogen and oxygen atoms in total. The Bertz CT molecular complexity index is 177. The maximum atomic E-state index is 12.0. The van der Waals surface area contributed by atoms with Crippen molar-refractivity contribution >= 4 is 11.6 Å². The van der Waals surface area contributed by atoms with Gasteiger partial charge < -0.3 is 0 Å². The molecule has 8 heavy (non-hydrogen) atoms. The van der Waals surface area contributed by atoms with Crippen LogP contribution < -0.4 is 0 Å². The molecule has 0 aliphatic heterocycles. The second kappa shape index (κ2) is 1.70. The molecule has 0 aliphatic carbocycles. The molecule has 0 amide bonds. The summed E-state index contributed by atoms with van der Waals surface area (Å²) in [6, 6.07) is 0. The Morgan fingerprint density at radius 1 is 1.62 bits per heavy atom. The Balaban J connectivity index is 3.14. The monoisotopic (exact) mass is 135 g/mol. The van der Waals surface area contributed by atoms with Crippen molar-refractivity contribution in [2.45, 2.75) is 0 Å². The lowest BCUT2D eigenvalue weighted by atomic mass is 10.9. The smallest absolute Gasteiger partial charge is 0.184 e. The Morgan fingerprint density at radius 2 is 2.25 bits per heavy atom. The first-order chi connectivity index (χ1) is 3.70. The Kier molecular flexibility index (Phi) is 1.17. The van der Waals surface area contributed by atoms with E-state index in [2.05, 4.69) is 10.2 Å². The zero-order valence-electron chi connectivity index (χ0n) is 4.10. The normalized spacial score (nSPS) is 9.88. The molecular formula is C3H3ClFN3. The molecule has 5 heteroatoms. The van der Waals surface area contributed by atoms with Crippen LogP contribution in [0.2, 0.25) is 5.15 Å². The summed E-state index contributed by atoms with van der Waals surface area (Å²) < 4.78 is 12.0. The minimum absolute atomic E-state index is 0.187. The van der Waals surface area contributed by atoms with Gasteiger partial charge in [0.1, 0.15) is 0 Å². The van der Waals surface area contributed by atoms with E-state index >= 15 is 0 Å². The highest BCUT2D eigenvalue weighted by atomic mass is 35.5. The predicted molar refractivity (Wildman–Crippen MR) is 26.0 cm³/mol. The van der Waals surface area contributed by atoms with Crippen LogP contribution in [-0.2, 0) is 7.05 Å². The van der Waals surface area contributed by atoms with E-state index in [1.54, 1.807) is 0 Å². The number of aromatic nitrogens is 3. The lowest BCUT2D eigenvalue weighted by molar-refractivity contribution is 0.542. The van der Waals surface area contributed by atoms with Gasteiger partial charge in [-0.25, -0.2) is 0 Å². The molecule has 1 aromatic heterocycles. The van der Waals surface area contributed by atoms with Crippen LogP contribution in [0.4, 0.5) is 4.39 Å². The van der Waals surface area contributed by atoms with Gasteiger partial charge in [0.25, 0.3) is 5.95 Å². The van der Waals surface area contributed by atoms with Crippen molar-refractivity contribution in [3.8, 4) is 0 Å². The minimum atomic E-state index is -0.728. The number of rotatable bonds is 0. The molecule has 0 unspecified atom stereocenters. The van der Waals surface area contributed by atoms with E-state index in [9.17, 15) is 4.39 Å². The molecule has 1 heterocycles. The summed E-state index contributed by atoms with van der Waals surface area (Å²) >= 11 is 5.16. The molecule has 0 bridgehead atoms. The van der Waals surface area contributed by atoms with E-state index in [-0.39, 0.29) is 5.15 Å². The Hall–Kier alpha value is -0.640. The van der Waals surface area contributed by atoms with Gasteiger partial charge >= 0.3 is 0 Å². The number of hydrogen-bond acceptors (Lipinski definition) is 2. The number of aryl methyl sites for hydroxylation is 1. The van der Waals surface area contributed by atoms with Crippen molar-refractivity contribution in [3.05, 3.63) is 11.1 Å². The minimum Gasteiger partial charge on any atom is -0.184 e. The van der Waals surface area contributed by atoms with Crippen LogP contribution >= 0.6 is 11.6 Å². The van der Waals surface area contributed by atoms with Crippen molar-refractivity contribution in [2.75, 3.05) is 0 Å². The molecule has 0 aliphatic rings. The van der Waals surface area contributed by atoms with Gasteiger partial charge in [-0.3, -0.25) is 0 Å². The molecule has 0 radical (unpaired) electrons. The molecule has 44 valence electrons. The van der Waals surface area contributed by atoms with Gasteiger partial charge in [0.2, 0.25) is 5.15 Å². The maximum absolute atomic E-state index is 12.0. The third-order valence-electron chi connectivity index (χ3n) is 0.635. The van der Waals surface area contributed by atoms with Crippen LogP contribution in [0.15, 0.2) is 0 Å². The first kappa shape index (κ1) is 5.50. The van der Waals surface area contributed by atoms with Gasteiger partial charge in [0.05, 0.1) is 0 Å². The highest BCUT2D eigenvalue weighted by Gasteiger charge is 2.02. The molecule has 0 atom stereocenters. The van der Waals surface area contributed by atoms with E-state index in [0.29, 0.717) is 0 Å². The fourth-order valence-corrected chi connectivity index (χ4v) is 0.506. The van der Waals surface area contributed by atoms with Crippen molar-refractivity contribution in [1.82, 2.24) is 15.0 Å². The number of nitrogens with zero attached hydrogens (tertiary/aromatic N) is 3. The standard InChI is InChI=1S/C3H3ClFN3/c1-8-6-2(4)3(5)7-8/h1H3. The summed E-state index contributed by atoms with van der Waals surface area (Å²) in [7, 11) is 1.50. The van der Waals surface area contributed by atoms with Gasteiger partial charge in [-0.1, -0.05) is 11.6 Å². The molecule has 0 saturated heterocycles. The molecule has 0 N–H and O–H groups in total. The second-order valence-electron chi connectivity index (χ2n) is 1.27. The van der Waals surface area contributed by atoms with Crippen molar-refractivity contribution in [3.63, 3.8) is 0 Å². The molecule has 0 fully saturated rings. The average molecular weight is 136 g/mol. The highest BCUT2D eigenvalue weighted by molar-refractivity contribution is 6.29. The SMILES string of the molecule is Cn1nc(F)c(Cl)n1. The summed E-state index contributed by atoms with van der Waals surface area (Å²) in [5.74, 6) is -0.728. The lowest BCUT2D eigenvalue weighted by Gasteiger charge is -1.75. The molecule has 0 aromatic carbocycles. The average Bonchev–Trinajstić information content (AvgIpc) is 1.85. The first-order valence-electron chi connectivity index (χ1n) is 1.92. The summed E-state index contributed by atoms with van der Waals surface area (Å²) in [6.45, 7) is 0. The van der Waals surface area contributed by atoms with Crippen LogP contribution in [0.3, 0.4) is 0 Å². The number of halogens is 2. The summed E-state index contributed by atoms with van der Waals surface area (Å²) in [6.07, 6.45) is 0. The van der Waals surface area contributed by atoms with Gasteiger partial charge in [-0.15, -0.1) is 10.2 Å². The zero-order valence-corrected chi connectivity index (χ0v) is 4.85. The first-order valence-corrected chi connectivity index (χ1v) is 2.30. The van der Waals surface area contributed by atoms with E-state index in [1.165, 1.54) is 7.05 Å². The fourth-order valence-electron chi connectivity index (χ4n) is 0.359. The molecule has 1 aromatic rings. The summed E-state index contributed by atoms with van der Waals surface area (Å²) in [5, 5.41) is 6.44. The predicted octanol–water partition coefficient (Wildman–Crippen LogP) is 0.608. The zero-order chi connectivity index (χ0) is 6.15. The largest absolute Gasteiger partial charge is 0.271 e. The van der Waals surface area contributed by atoms with E-state index < -0.39 is 5.95 Å². The Morgan fingerprint density at radius 3 is 2.38 bits per heavy atom. The third-order valence-corrected chi connectivity index (χ3v) is 0.867. The second-order valence-corrected chi connectivity index (χ2v) is 1.63. The van der Waals surface area contributed by atoms with Crippen LogP contribution in [0.5, 0.6) is 0 Å². The van der Waals surface area contributed by atoms with Gasteiger partial charge in [0, 0.05) is 7.05 Å². The quantitative estimate of drug-likeness (QED) is 0.522. The van der Waals surface area contributed by atoms with E-state index in [0.717, 1.165) is 4.80 Å². The van der Waals surface area contributed by atoms with Crippen LogP contribution in [-0.4, -0.2) is 15.0 Å². The van der Waals surface area contributed by atoms with Crippen LogP contribution in [0.1, 0.15) is 0 Å². The summed E-state index contributed by atoms with van der Waals surface area (Å²) in [5.41, 5.74) is 0. The van der Waals surface area contributed by atoms with Crippen molar-refractivity contribution < 1.29 is 4.39 Å². The number of hydrogen-bond donors (Lipinski definition) is 0. The fraction of sp³-hybridized carbons (Fsp3) is 0.333. The third kappa shape index (κ3) is 0.790. The van der Waals surface area contributed by atoms with E-state index in [4.69, 9.17) is 11.6 Å². The maximum Gasteiger partial charge on any atom is 0.271 e. The van der Waals surface area contributed by atoms with Gasteiger partial charge in [-0.2, -0.15) is 9.19 Å². The molecule has 0 spiro atoms. The van der Waals surface area contributed by atoms with Gasteiger partial charge in [0.15, 0.2) is 0 Å². The van der Waals surface area contributed by atoms with Gasteiger partial charge in [-0.05, 0) is 0 Å². The molecule has 0 saturated carbocycles. The topological polar surface area (TPSA) is 30.7 Å². The molecular weight excluding hydrogens is 133 g/mol. The van der Waals surface area contributed by atoms with Crippen LogP contribution in [0.25, 0.3) is 0 Å². The lowest BCUT2D eigenvalue weighted by Crippen LogP contribution is -1.91. The summed E-state index contributed by atoms with van der Waals surface area (Å²) in [4.78, 5) is 1.07. The Labute approximate surface area is 50.1 Å². The molecule has 1 rings (SSSR count). The highest BCUT2D eigenvalue weighted by Crippen LogP contribution is 2.04. The van der Waals surface area contributed by atoms with Crippen LogP contribution in [0, 0.1) is 5.95 Å². The van der Waals surface area contributed by atoms with Crippen molar-refractivity contribution in [2.24, 2.45) is 7.05 Å². The van der Waals surface area contributed by atoms with E-state index in [1.807, 2.05) is 0 Å². The van der Waals surface area contributed by atoms with Crippen molar-refractivity contribution in [1.29, 1.82) is 0 Å².